The second kappa shape index (κ2) is 7.06. The summed E-state index contributed by atoms with van der Waals surface area (Å²) in [6.45, 7) is 2.30. The lowest BCUT2D eigenvalue weighted by molar-refractivity contribution is -0.385. The fourth-order valence-corrected chi connectivity index (χ4v) is 7.07. The van der Waals surface area contributed by atoms with Crippen LogP contribution in [-0.2, 0) is 9.59 Å². The largest absolute Gasteiger partial charge is 0.330 e. The van der Waals surface area contributed by atoms with Crippen LogP contribution >= 0.6 is 0 Å². The van der Waals surface area contributed by atoms with Crippen LogP contribution in [0.5, 0.6) is 0 Å². The van der Waals surface area contributed by atoms with Gasteiger partial charge >= 0.3 is 0 Å². The maximum atomic E-state index is 13.7. The summed E-state index contributed by atoms with van der Waals surface area (Å²) in [6, 6.07) is 4.24. The number of carbonyl (C=O) groups is 2. The number of nitrogens with one attached hydrogen (secondary N) is 1. The number of nitro groups is 1. The van der Waals surface area contributed by atoms with Crippen LogP contribution in [0.3, 0.4) is 0 Å². The van der Waals surface area contributed by atoms with E-state index in [1.165, 1.54) is 25.3 Å². The van der Waals surface area contributed by atoms with Crippen molar-refractivity contribution in [2.75, 3.05) is 11.9 Å². The van der Waals surface area contributed by atoms with Crippen LogP contribution in [0.4, 0.5) is 11.4 Å². The van der Waals surface area contributed by atoms with Crippen molar-refractivity contribution in [3.8, 4) is 0 Å². The SMILES string of the molecule is Cc1ccc(NC(=O)C2CCCN2C(=O)C23CC4CC(CC(C4)C2)C3)cc1[N+](=O)[O-]. The number of aryl methyl sites for hydroxylation is 1. The van der Waals surface area contributed by atoms with Gasteiger partial charge in [0.15, 0.2) is 0 Å². The standard InChI is InChI=1S/C23H29N3O4/c1-14-4-5-18(10-20(14)26(29)30)24-21(27)19-3-2-6-25(19)22(28)23-11-15-7-16(12-23)9-17(8-15)13-23/h4-5,10,15-17,19H,2-3,6-9,11-13H2,1H3,(H,24,27). The molecule has 1 atom stereocenters. The lowest BCUT2D eigenvalue weighted by Gasteiger charge is -2.56. The summed E-state index contributed by atoms with van der Waals surface area (Å²) in [7, 11) is 0. The Labute approximate surface area is 176 Å². The lowest BCUT2D eigenvalue weighted by atomic mass is 9.49. The Morgan fingerprint density at radius 1 is 1.13 bits per heavy atom. The first-order chi connectivity index (χ1) is 14.3. The number of likely N-dealkylation sites (tertiary alicyclic amines) is 1. The zero-order chi connectivity index (χ0) is 21.0. The minimum atomic E-state index is -0.481. The number of nitro benzene ring substituents is 1. The van der Waals surface area contributed by atoms with E-state index in [-0.39, 0.29) is 22.9 Å². The topological polar surface area (TPSA) is 92.6 Å². The fourth-order valence-electron chi connectivity index (χ4n) is 7.07. The normalized spacial score (nSPS) is 34.2. The molecule has 7 heteroatoms. The molecule has 4 bridgehead atoms. The van der Waals surface area contributed by atoms with Gasteiger partial charge in [-0.05, 0) is 82.1 Å². The van der Waals surface area contributed by atoms with Crippen LogP contribution < -0.4 is 5.32 Å². The molecule has 4 saturated carbocycles. The molecule has 4 aliphatic carbocycles. The average molecular weight is 412 g/mol. The Balaban J connectivity index is 1.33. The number of nitrogens with zero attached hydrogens (tertiary/aromatic N) is 2. The highest BCUT2D eigenvalue weighted by atomic mass is 16.6. The monoisotopic (exact) mass is 411 g/mol. The van der Waals surface area contributed by atoms with Gasteiger partial charge in [-0.25, -0.2) is 0 Å². The lowest BCUT2D eigenvalue weighted by Crippen LogP contribution is -2.56. The summed E-state index contributed by atoms with van der Waals surface area (Å²) in [6.07, 6.45) is 8.29. The van der Waals surface area contributed by atoms with Gasteiger partial charge in [0.1, 0.15) is 6.04 Å². The molecule has 1 saturated heterocycles. The first-order valence-corrected chi connectivity index (χ1v) is 11.2. The molecule has 1 aromatic carbocycles. The van der Waals surface area contributed by atoms with E-state index in [1.807, 2.05) is 4.90 Å². The van der Waals surface area contributed by atoms with Gasteiger partial charge in [-0.1, -0.05) is 6.07 Å². The molecule has 1 unspecified atom stereocenters. The van der Waals surface area contributed by atoms with Crippen molar-refractivity contribution in [3.63, 3.8) is 0 Å². The summed E-state index contributed by atoms with van der Waals surface area (Å²) >= 11 is 0. The molecular formula is C23H29N3O4. The van der Waals surface area contributed by atoms with Gasteiger partial charge < -0.3 is 10.2 Å². The zero-order valence-electron chi connectivity index (χ0n) is 17.4. The second-order valence-electron chi connectivity index (χ2n) is 10.1. The molecule has 30 heavy (non-hydrogen) atoms. The van der Waals surface area contributed by atoms with Crippen LogP contribution in [0, 0.1) is 40.2 Å². The molecule has 5 fully saturated rings. The van der Waals surface area contributed by atoms with Crippen LogP contribution in [0.25, 0.3) is 0 Å². The molecule has 0 spiro atoms. The first-order valence-electron chi connectivity index (χ1n) is 11.2. The van der Waals surface area contributed by atoms with Gasteiger partial charge in [-0.15, -0.1) is 0 Å². The molecule has 1 aliphatic heterocycles. The zero-order valence-corrected chi connectivity index (χ0v) is 17.4. The van der Waals surface area contributed by atoms with Crippen molar-refractivity contribution < 1.29 is 14.5 Å². The van der Waals surface area contributed by atoms with E-state index in [0.717, 1.165) is 25.7 Å². The van der Waals surface area contributed by atoms with E-state index < -0.39 is 11.0 Å². The van der Waals surface area contributed by atoms with Crippen molar-refractivity contribution in [2.24, 2.45) is 23.2 Å². The summed E-state index contributed by atoms with van der Waals surface area (Å²) < 4.78 is 0. The van der Waals surface area contributed by atoms with Gasteiger partial charge in [0.2, 0.25) is 11.8 Å². The van der Waals surface area contributed by atoms with Crippen molar-refractivity contribution in [1.82, 2.24) is 4.90 Å². The Morgan fingerprint density at radius 2 is 1.77 bits per heavy atom. The maximum Gasteiger partial charge on any atom is 0.274 e. The van der Waals surface area contributed by atoms with Gasteiger partial charge in [0.05, 0.1) is 10.3 Å². The van der Waals surface area contributed by atoms with E-state index in [9.17, 15) is 19.7 Å². The number of carbonyl (C=O) groups excluding carboxylic acids is 2. The molecule has 160 valence electrons. The van der Waals surface area contributed by atoms with Gasteiger partial charge in [0.25, 0.3) is 5.69 Å². The molecule has 7 nitrogen and oxygen atoms in total. The minimum Gasteiger partial charge on any atom is -0.330 e. The molecule has 6 rings (SSSR count). The van der Waals surface area contributed by atoms with Crippen LogP contribution in [0.2, 0.25) is 0 Å². The summed E-state index contributed by atoms with van der Waals surface area (Å²) in [5.41, 5.74) is 0.699. The number of amides is 2. The van der Waals surface area contributed by atoms with E-state index >= 15 is 0 Å². The Kier molecular flexibility index (Phi) is 4.60. The highest BCUT2D eigenvalue weighted by Crippen LogP contribution is 2.60. The fraction of sp³-hybridized carbons (Fsp3) is 0.652. The first kappa shape index (κ1) is 19.5. The predicted molar refractivity (Wildman–Crippen MR) is 112 cm³/mol. The Hall–Kier alpha value is -2.44. The van der Waals surface area contributed by atoms with E-state index in [4.69, 9.17) is 0 Å². The minimum absolute atomic E-state index is 0.0132. The number of hydrogen-bond acceptors (Lipinski definition) is 4. The van der Waals surface area contributed by atoms with Crippen LogP contribution in [-0.4, -0.2) is 34.2 Å². The molecule has 0 radical (unpaired) electrons. The Morgan fingerprint density at radius 3 is 2.37 bits per heavy atom. The van der Waals surface area contributed by atoms with Crippen LogP contribution in [0.1, 0.15) is 56.9 Å². The third-order valence-corrected chi connectivity index (χ3v) is 7.98. The smallest absolute Gasteiger partial charge is 0.274 e. The maximum absolute atomic E-state index is 13.7. The number of anilines is 1. The quantitative estimate of drug-likeness (QED) is 0.598. The molecular weight excluding hydrogens is 382 g/mol. The molecule has 1 heterocycles. The van der Waals surface area contributed by atoms with Crippen LogP contribution in [0.15, 0.2) is 18.2 Å². The van der Waals surface area contributed by atoms with E-state index in [0.29, 0.717) is 42.0 Å². The predicted octanol–water partition coefficient (Wildman–Crippen LogP) is 4.05. The summed E-state index contributed by atoms with van der Waals surface area (Å²) in [5.74, 6) is 2.01. The number of benzene rings is 1. The molecule has 1 aromatic rings. The highest BCUT2D eigenvalue weighted by molar-refractivity contribution is 5.98. The van der Waals surface area contributed by atoms with Gasteiger partial charge in [0, 0.05) is 23.9 Å². The average Bonchev–Trinajstić information content (AvgIpc) is 3.17. The number of rotatable bonds is 4. The third kappa shape index (κ3) is 3.19. The molecule has 0 aromatic heterocycles. The molecule has 5 aliphatic rings. The highest BCUT2D eigenvalue weighted by Gasteiger charge is 2.56. The van der Waals surface area contributed by atoms with Crippen molar-refractivity contribution in [2.45, 2.75) is 64.3 Å². The van der Waals surface area contributed by atoms with E-state index in [2.05, 4.69) is 5.32 Å². The number of hydrogen-bond donors (Lipinski definition) is 1. The van der Waals surface area contributed by atoms with Crippen molar-refractivity contribution in [1.29, 1.82) is 0 Å². The van der Waals surface area contributed by atoms with Gasteiger partial charge in [-0.2, -0.15) is 0 Å². The summed E-state index contributed by atoms with van der Waals surface area (Å²) in [5, 5.41) is 14.0. The second-order valence-corrected chi connectivity index (χ2v) is 10.1. The third-order valence-electron chi connectivity index (χ3n) is 7.98. The van der Waals surface area contributed by atoms with Crippen molar-refractivity contribution >= 4 is 23.2 Å². The molecule has 2 amide bonds. The van der Waals surface area contributed by atoms with Gasteiger partial charge in [-0.3, -0.25) is 19.7 Å². The van der Waals surface area contributed by atoms with Crippen molar-refractivity contribution in [3.05, 3.63) is 33.9 Å². The Bertz CT molecular complexity index is 876. The molecule has 1 N–H and O–H groups in total. The van der Waals surface area contributed by atoms with E-state index in [1.54, 1.807) is 19.1 Å². The summed E-state index contributed by atoms with van der Waals surface area (Å²) in [4.78, 5) is 39.3.